The fourth-order valence-corrected chi connectivity index (χ4v) is 2.32. The molecule has 1 aliphatic rings. The summed E-state index contributed by atoms with van der Waals surface area (Å²) >= 11 is 0. The molecular weight excluding hydrogens is 252 g/mol. The van der Waals surface area contributed by atoms with Crippen molar-refractivity contribution in [3.05, 3.63) is 0 Å². The van der Waals surface area contributed by atoms with Gasteiger partial charge in [-0.05, 0) is 52.5 Å². The molecule has 0 spiro atoms. The lowest BCUT2D eigenvalue weighted by Gasteiger charge is -2.26. The van der Waals surface area contributed by atoms with Gasteiger partial charge in [0.25, 0.3) is 0 Å². The highest BCUT2D eigenvalue weighted by Gasteiger charge is 2.25. The van der Waals surface area contributed by atoms with E-state index < -0.39 is 5.60 Å². The smallest absolute Gasteiger partial charge is 0.410 e. The van der Waals surface area contributed by atoms with Crippen LogP contribution in [0, 0.1) is 5.92 Å². The van der Waals surface area contributed by atoms with Crippen LogP contribution < -0.4 is 5.32 Å². The first kappa shape index (κ1) is 17.3. The summed E-state index contributed by atoms with van der Waals surface area (Å²) in [6.07, 6.45) is 4.27. The Kier molecular flexibility index (Phi) is 6.80. The van der Waals surface area contributed by atoms with Crippen LogP contribution in [-0.4, -0.2) is 42.3 Å². The highest BCUT2D eigenvalue weighted by atomic mass is 16.6. The van der Waals surface area contributed by atoms with E-state index in [1.54, 1.807) is 0 Å². The Bertz CT molecular complexity index is 299. The van der Waals surface area contributed by atoms with Gasteiger partial charge >= 0.3 is 6.09 Å². The van der Waals surface area contributed by atoms with Gasteiger partial charge in [0, 0.05) is 19.1 Å². The third-order valence-corrected chi connectivity index (χ3v) is 3.83. The number of nitrogens with zero attached hydrogens (tertiary/aromatic N) is 1. The maximum atomic E-state index is 12.1. The van der Waals surface area contributed by atoms with Gasteiger partial charge in [0.05, 0.1) is 0 Å². The molecule has 0 aromatic carbocycles. The Morgan fingerprint density at radius 1 is 1.35 bits per heavy atom. The van der Waals surface area contributed by atoms with Crippen molar-refractivity contribution in [3.63, 3.8) is 0 Å². The number of carbonyl (C=O) groups excluding carboxylic acids is 1. The van der Waals surface area contributed by atoms with E-state index in [-0.39, 0.29) is 6.09 Å². The maximum absolute atomic E-state index is 12.1. The number of carbonyl (C=O) groups is 1. The Morgan fingerprint density at radius 2 is 2.05 bits per heavy atom. The van der Waals surface area contributed by atoms with Gasteiger partial charge in [-0.1, -0.05) is 20.3 Å². The van der Waals surface area contributed by atoms with Gasteiger partial charge in [-0.25, -0.2) is 4.79 Å². The average molecular weight is 284 g/mol. The standard InChI is InChI=1S/C16H32N2O2/c1-6-13(2)12-17-14-8-7-10-18(11-9-14)15(19)20-16(3,4)5/h13-14,17H,6-12H2,1-5H3. The van der Waals surface area contributed by atoms with Crippen molar-refractivity contribution in [2.24, 2.45) is 5.92 Å². The van der Waals surface area contributed by atoms with E-state index in [1.165, 1.54) is 6.42 Å². The molecule has 1 saturated heterocycles. The lowest BCUT2D eigenvalue weighted by molar-refractivity contribution is 0.0256. The van der Waals surface area contributed by atoms with E-state index >= 15 is 0 Å². The summed E-state index contributed by atoms with van der Waals surface area (Å²) in [7, 11) is 0. The lowest BCUT2D eigenvalue weighted by Crippen LogP contribution is -2.38. The van der Waals surface area contributed by atoms with E-state index in [2.05, 4.69) is 19.2 Å². The predicted molar refractivity (Wildman–Crippen MR) is 82.9 cm³/mol. The molecule has 1 N–H and O–H groups in total. The predicted octanol–water partition coefficient (Wildman–Crippen LogP) is 3.41. The molecule has 0 bridgehead atoms. The number of likely N-dealkylation sites (tertiary alicyclic amines) is 1. The molecule has 20 heavy (non-hydrogen) atoms. The monoisotopic (exact) mass is 284 g/mol. The first-order chi connectivity index (χ1) is 9.31. The summed E-state index contributed by atoms with van der Waals surface area (Å²) in [6, 6.07) is 0.538. The van der Waals surface area contributed by atoms with Crippen LogP contribution in [0.15, 0.2) is 0 Å². The summed E-state index contributed by atoms with van der Waals surface area (Å²) in [5, 5.41) is 3.64. The molecule has 118 valence electrons. The first-order valence-corrected chi connectivity index (χ1v) is 8.03. The second kappa shape index (κ2) is 7.87. The van der Waals surface area contributed by atoms with E-state index in [0.29, 0.717) is 6.04 Å². The summed E-state index contributed by atoms with van der Waals surface area (Å²) in [6.45, 7) is 12.9. The van der Waals surface area contributed by atoms with Crippen LogP contribution in [0.4, 0.5) is 4.79 Å². The third kappa shape index (κ3) is 6.60. The molecule has 1 aliphatic heterocycles. The third-order valence-electron chi connectivity index (χ3n) is 3.83. The molecule has 0 radical (unpaired) electrons. The summed E-state index contributed by atoms with van der Waals surface area (Å²) in [4.78, 5) is 13.9. The number of hydrogen-bond donors (Lipinski definition) is 1. The Hall–Kier alpha value is -0.770. The molecule has 1 rings (SSSR count). The maximum Gasteiger partial charge on any atom is 0.410 e. The fourth-order valence-electron chi connectivity index (χ4n) is 2.32. The Morgan fingerprint density at radius 3 is 2.65 bits per heavy atom. The summed E-state index contributed by atoms with van der Waals surface area (Å²) in [5.74, 6) is 0.722. The van der Waals surface area contributed by atoms with Crippen molar-refractivity contribution in [1.82, 2.24) is 10.2 Å². The second-order valence-corrected chi connectivity index (χ2v) is 7.02. The number of ether oxygens (including phenoxy) is 1. The minimum absolute atomic E-state index is 0.167. The quantitative estimate of drug-likeness (QED) is 0.860. The molecule has 1 amide bonds. The van der Waals surface area contributed by atoms with Crippen LogP contribution in [0.3, 0.4) is 0 Å². The van der Waals surface area contributed by atoms with Gasteiger partial charge in [-0.15, -0.1) is 0 Å². The highest BCUT2D eigenvalue weighted by molar-refractivity contribution is 5.68. The van der Waals surface area contributed by atoms with E-state index in [4.69, 9.17) is 4.74 Å². The first-order valence-electron chi connectivity index (χ1n) is 8.03. The normalized spacial score (nSPS) is 22.2. The van der Waals surface area contributed by atoms with Crippen LogP contribution in [-0.2, 0) is 4.74 Å². The lowest BCUT2D eigenvalue weighted by atomic mass is 10.1. The van der Waals surface area contributed by atoms with Crippen LogP contribution in [0.25, 0.3) is 0 Å². The van der Waals surface area contributed by atoms with Gasteiger partial charge < -0.3 is 15.0 Å². The van der Waals surface area contributed by atoms with Gasteiger partial charge in [-0.3, -0.25) is 0 Å². The summed E-state index contributed by atoms with van der Waals surface area (Å²) < 4.78 is 5.45. The second-order valence-electron chi connectivity index (χ2n) is 7.02. The topological polar surface area (TPSA) is 41.6 Å². The number of nitrogens with one attached hydrogen (secondary N) is 1. The van der Waals surface area contributed by atoms with Gasteiger partial charge in [0.15, 0.2) is 0 Å². The van der Waals surface area contributed by atoms with Crippen molar-refractivity contribution in [2.75, 3.05) is 19.6 Å². The number of rotatable bonds is 4. The molecule has 1 heterocycles. The number of amides is 1. The van der Waals surface area contributed by atoms with Crippen LogP contribution in [0.5, 0.6) is 0 Å². The SMILES string of the molecule is CCC(C)CNC1CCCN(C(=O)OC(C)(C)C)CC1. The zero-order chi connectivity index (χ0) is 15.2. The van der Waals surface area contributed by atoms with Crippen molar-refractivity contribution < 1.29 is 9.53 Å². The van der Waals surface area contributed by atoms with Crippen LogP contribution >= 0.6 is 0 Å². The molecule has 2 atom stereocenters. The molecular formula is C16H32N2O2. The van der Waals surface area contributed by atoms with E-state index in [0.717, 1.165) is 44.8 Å². The van der Waals surface area contributed by atoms with E-state index in [9.17, 15) is 4.79 Å². The molecule has 4 nitrogen and oxygen atoms in total. The summed E-state index contributed by atoms with van der Waals surface area (Å²) in [5.41, 5.74) is -0.405. The van der Waals surface area contributed by atoms with Crippen molar-refractivity contribution >= 4 is 6.09 Å². The highest BCUT2D eigenvalue weighted by Crippen LogP contribution is 2.15. The van der Waals surface area contributed by atoms with Crippen molar-refractivity contribution in [3.8, 4) is 0 Å². The minimum Gasteiger partial charge on any atom is -0.444 e. The molecule has 0 aromatic heterocycles. The zero-order valence-corrected chi connectivity index (χ0v) is 13.9. The minimum atomic E-state index is -0.405. The van der Waals surface area contributed by atoms with Gasteiger partial charge in [0.1, 0.15) is 5.60 Å². The molecule has 2 unspecified atom stereocenters. The van der Waals surface area contributed by atoms with Crippen molar-refractivity contribution in [1.29, 1.82) is 0 Å². The largest absolute Gasteiger partial charge is 0.444 e. The van der Waals surface area contributed by atoms with Crippen molar-refractivity contribution in [2.45, 2.75) is 71.9 Å². The molecule has 0 aromatic rings. The zero-order valence-electron chi connectivity index (χ0n) is 13.9. The fraction of sp³-hybridized carbons (Fsp3) is 0.938. The average Bonchev–Trinajstić information content (AvgIpc) is 2.59. The molecule has 0 saturated carbocycles. The van der Waals surface area contributed by atoms with Gasteiger partial charge in [-0.2, -0.15) is 0 Å². The van der Waals surface area contributed by atoms with E-state index in [1.807, 2.05) is 25.7 Å². The van der Waals surface area contributed by atoms with Gasteiger partial charge in [0.2, 0.25) is 0 Å². The molecule has 4 heteroatoms. The molecule has 1 fully saturated rings. The molecule has 0 aliphatic carbocycles. The Labute approximate surface area is 124 Å². The Balaban J connectivity index is 2.37. The van der Waals surface area contributed by atoms with Crippen LogP contribution in [0.1, 0.15) is 60.3 Å². The number of hydrogen-bond acceptors (Lipinski definition) is 3. The van der Waals surface area contributed by atoms with Crippen LogP contribution in [0.2, 0.25) is 0 Å².